The first-order chi connectivity index (χ1) is 9.34. The van der Waals surface area contributed by atoms with Crippen molar-refractivity contribution in [1.29, 1.82) is 0 Å². The van der Waals surface area contributed by atoms with Crippen molar-refractivity contribution in [2.24, 2.45) is 0 Å². The maximum absolute atomic E-state index is 12.0. The Kier molecular flexibility index (Phi) is 3.92. The average molecular weight is 280 g/mol. The van der Waals surface area contributed by atoms with Gasteiger partial charge in [-0.2, -0.15) is 0 Å². The number of nitrogens with zero attached hydrogens (tertiary/aromatic N) is 3. The molecule has 0 saturated carbocycles. The summed E-state index contributed by atoms with van der Waals surface area (Å²) in [4.78, 5) is 21.5. The van der Waals surface area contributed by atoms with Crippen LogP contribution in [-0.2, 0) is 10.2 Å². The Morgan fingerprint density at radius 3 is 2.75 bits per heavy atom. The van der Waals surface area contributed by atoms with Gasteiger partial charge in [0.25, 0.3) is 0 Å². The highest BCUT2D eigenvalue weighted by atomic mass is 16.5. The van der Waals surface area contributed by atoms with Crippen LogP contribution in [-0.4, -0.2) is 47.1 Å². The van der Waals surface area contributed by atoms with Crippen LogP contribution in [0, 0.1) is 0 Å². The number of carbonyl (C=O) groups is 1. The van der Waals surface area contributed by atoms with Gasteiger partial charge in [-0.15, -0.1) is 0 Å². The molecule has 1 saturated heterocycles. The number of aromatic nitrogens is 2. The first-order valence-corrected chi connectivity index (χ1v) is 6.44. The lowest BCUT2D eigenvalue weighted by Gasteiger charge is -2.23. The van der Waals surface area contributed by atoms with Gasteiger partial charge in [-0.1, -0.05) is 20.8 Å². The number of carbonyl (C=O) groups excluding carboxylic acids is 1. The highest BCUT2D eigenvalue weighted by Crippen LogP contribution is 2.25. The summed E-state index contributed by atoms with van der Waals surface area (Å²) in [5, 5.41) is 12.9. The van der Waals surface area contributed by atoms with Gasteiger partial charge in [-0.3, -0.25) is 0 Å². The fraction of sp³-hybridized carbons (Fsp3) is 0.615. The van der Waals surface area contributed by atoms with Crippen molar-refractivity contribution < 1.29 is 14.6 Å². The van der Waals surface area contributed by atoms with E-state index in [0.29, 0.717) is 5.82 Å². The summed E-state index contributed by atoms with van der Waals surface area (Å²) in [7, 11) is 1.52. The van der Waals surface area contributed by atoms with Crippen molar-refractivity contribution in [2.45, 2.75) is 38.5 Å². The van der Waals surface area contributed by atoms with E-state index in [1.165, 1.54) is 18.3 Å². The average Bonchev–Trinajstić information content (AvgIpc) is 2.64. The monoisotopic (exact) mass is 280 g/mol. The summed E-state index contributed by atoms with van der Waals surface area (Å²) < 4.78 is 4.97. The molecular formula is C13H20N4O3. The Morgan fingerprint density at radius 1 is 1.45 bits per heavy atom. The Balaban J connectivity index is 2.30. The minimum Gasteiger partial charge on any atom is -0.382 e. The minimum atomic E-state index is -1.01. The van der Waals surface area contributed by atoms with E-state index in [2.05, 4.69) is 15.3 Å². The number of anilines is 1. The van der Waals surface area contributed by atoms with Gasteiger partial charge in [0.1, 0.15) is 12.1 Å². The summed E-state index contributed by atoms with van der Waals surface area (Å²) in [6.45, 7) is 6.30. The van der Waals surface area contributed by atoms with Crippen LogP contribution >= 0.6 is 0 Å². The van der Waals surface area contributed by atoms with Crippen molar-refractivity contribution >= 4 is 11.8 Å². The van der Waals surface area contributed by atoms with Crippen LogP contribution in [0.25, 0.3) is 0 Å². The lowest BCUT2D eigenvalue weighted by atomic mass is 9.92. The van der Waals surface area contributed by atoms with Gasteiger partial charge < -0.3 is 15.2 Å². The fourth-order valence-corrected chi connectivity index (χ4v) is 2.04. The van der Waals surface area contributed by atoms with Crippen LogP contribution in [0.3, 0.4) is 0 Å². The number of urea groups is 1. The third-order valence-corrected chi connectivity index (χ3v) is 3.17. The van der Waals surface area contributed by atoms with Gasteiger partial charge in [0, 0.05) is 18.6 Å². The van der Waals surface area contributed by atoms with Gasteiger partial charge in [0.05, 0.1) is 18.3 Å². The summed E-state index contributed by atoms with van der Waals surface area (Å²) in [6, 6.07) is 0.858. The predicted molar refractivity (Wildman–Crippen MR) is 73.4 cm³/mol. The zero-order valence-corrected chi connectivity index (χ0v) is 12.1. The summed E-state index contributed by atoms with van der Waals surface area (Å²) >= 11 is 0. The molecule has 0 radical (unpaired) electrons. The van der Waals surface area contributed by atoms with Crippen LogP contribution < -0.4 is 10.2 Å². The minimum absolute atomic E-state index is 0.162. The fourth-order valence-electron chi connectivity index (χ4n) is 2.04. The number of amides is 2. The number of aliphatic hydroxyl groups excluding tert-OH is 1. The molecule has 1 aliphatic rings. The standard InChI is InChI=1S/C13H20N4O3/c1-13(2,3)9-5-10(15-7-14-9)17-11(18)8(6-20-4)16-12(17)19/h5,7-8,11,18H,6H2,1-4H3,(H,16,19). The van der Waals surface area contributed by atoms with Crippen LogP contribution in [0.5, 0.6) is 0 Å². The summed E-state index contributed by atoms with van der Waals surface area (Å²) in [6.07, 6.45) is 0.393. The smallest absolute Gasteiger partial charge is 0.325 e. The van der Waals surface area contributed by atoms with Crippen molar-refractivity contribution in [1.82, 2.24) is 15.3 Å². The van der Waals surface area contributed by atoms with E-state index in [-0.39, 0.29) is 12.0 Å². The Labute approximate surface area is 118 Å². The third-order valence-electron chi connectivity index (χ3n) is 3.17. The molecule has 0 bridgehead atoms. The quantitative estimate of drug-likeness (QED) is 0.848. The molecule has 2 unspecified atom stereocenters. The van der Waals surface area contributed by atoms with E-state index in [4.69, 9.17) is 4.74 Å². The second-order valence-electron chi connectivity index (χ2n) is 5.81. The van der Waals surface area contributed by atoms with Crippen LogP contribution in [0.1, 0.15) is 26.5 Å². The molecular weight excluding hydrogens is 260 g/mol. The van der Waals surface area contributed by atoms with Gasteiger partial charge >= 0.3 is 6.03 Å². The first kappa shape index (κ1) is 14.7. The van der Waals surface area contributed by atoms with E-state index >= 15 is 0 Å². The number of aliphatic hydroxyl groups is 1. The second kappa shape index (κ2) is 5.34. The van der Waals surface area contributed by atoms with Crippen molar-refractivity contribution in [3.8, 4) is 0 Å². The van der Waals surface area contributed by atoms with E-state index in [1.807, 2.05) is 20.8 Å². The summed E-state index contributed by atoms with van der Waals surface area (Å²) in [5.41, 5.74) is 0.641. The third kappa shape index (κ3) is 2.73. The lowest BCUT2D eigenvalue weighted by molar-refractivity contribution is 0.0968. The molecule has 2 amide bonds. The number of nitrogens with one attached hydrogen (secondary N) is 1. The Hall–Kier alpha value is -1.73. The lowest BCUT2D eigenvalue weighted by Crippen LogP contribution is -2.39. The number of ether oxygens (including phenoxy) is 1. The molecule has 0 spiro atoms. The first-order valence-electron chi connectivity index (χ1n) is 6.44. The highest BCUT2D eigenvalue weighted by Gasteiger charge is 2.40. The number of rotatable bonds is 3. The SMILES string of the molecule is COCC1NC(=O)N(c2cc(C(C)(C)C)ncn2)C1O. The molecule has 1 aromatic rings. The van der Waals surface area contributed by atoms with E-state index < -0.39 is 18.3 Å². The normalized spacial score (nSPS) is 23.1. The molecule has 2 N–H and O–H groups in total. The Bertz CT molecular complexity index is 501. The van der Waals surface area contributed by atoms with Crippen molar-refractivity contribution in [3.63, 3.8) is 0 Å². The molecule has 20 heavy (non-hydrogen) atoms. The zero-order valence-electron chi connectivity index (χ0n) is 12.1. The molecule has 7 nitrogen and oxygen atoms in total. The topological polar surface area (TPSA) is 87.6 Å². The van der Waals surface area contributed by atoms with E-state index in [9.17, 15) is 9.90 Å². The largest absolute Gasteiger partial charge is 0.382 e. The zero-order chi connectivity index (χ0) is 14.9. The molecule has 2 heterocycles. The maximum Gasteiger partial charge on any atom is 0.325 e. The van der Waals surface area contributed by atoms with Crippen LogP contribution in [0.15, 0.2) is 12.4 Å². The molecule has 110 valence electrons. The molecule has 1 aromatic heterocycles. The molecule has 7 heteroatoms. The number of hydrogen-bond donors (Lipinski definition) is 2. The number of hydrogen-bond acceptors (Lipinski definition) is 5. The van der Waals surface area contributed by atoms with Crippen LogP contribution in [0.4, 0.5) is 10.6 Å². The second-order valence-corrected chi connectivity index (χ2v) is 5.81. The number of methoxy groups -OCH3 is 1. The van der Waals surface area contributed by atoms with E-state index in [1.54, 1.807) is 6.07 Å². The summed E-state index contributed by atoms with van der Waals surface area (Å²) in [5.74, 6) is 0.383. The predicted octanol–water partition coefficient (Wildman–Crippen LogP) is 0.637. The van der Waals surface area contributed by atoms with Crippen molar-refractivity contribution in [2.75, 3.05) is 18.6 Å². The van der Waals surface area contributed by atoms with Gasteiger partial charge in [-0.25, -0.2) is 19.7 Å². The molecule has 1 aliphatic heterocycles. The van der Waals surface area contributed by atoms with Crippen LogP contribution in [0.2, 0.25) is 0 Å². The van der Waals surface area contributed by atoms with Gasteiger partial charge in [0.2, 0.25) is 0 Å². The van der Waals surface area contributed by atoms with Gasteiger partial charge in [-0.05, 0) is 0 Å². The van der Waals surface area contributed by atoms with Crippen molar-refractivity contribution in [3.05, 3.63) is 18.1 Å². The molecule has 1 fully saturated rings. The molecule has 2 rings (SSSR count). The van der Waals surface area contributed by atoms with E-state index in [0.717, 1.165) is 5.69 Å². The Morgan fingerprint density at radius 2 is 2.15 bits per heavy atom. The maximum atomic E-state index is 12.0. The molecule has 2 atom stereocenters. The molecule has 0 aromatic carbocycles. The highest BCUT2D eigenvalue weighted by molar-refractivity contribution is 5.94. The van der Waals surface area contributed by atoms with Gasteiger partial charge in [0.15, 0.2) is 6.23 Å². The molecule has 0 aliphatic carbocycles.